The van der Waals surface area contributed by atoms with Gasteiger partial charge in [0.25, 0.3) is 0 Å². The molecule has 1 heterocycles. The van der Waals surface area contributed by atoms with E-state index in [1.54, 1.807) is 29.2 Å². The Bertz CT molecular complexity index is 622. The van der Waals surface area contributed by atoms with Crippen LogP contribution in [0.2, 0.25) is 5.02 Å². The molecule has 0 radical (unpaired) electrons. The van der Waals surface area contributed by atoms with Gasteiger partial charge in [0, 0.05) is 30.8 Å². The maximum absolute atomic E-state index is 12.4. The number of benzene rings is 1. The van der Waals surface area contributed by atoms with Crippen molar-refractivity contribution in [1.82, 2.24) is 10.2 Å². The van der Waals surface area contributed by atoms with Crippen molar-refractivity contribution in [3.8, 4) is 0 Å². The maximum Gasteiger partial charge on any atom is 0.317 e. The van der Waals surface area contributed by atoms with Crippen LogP contribution >= 0.6 is 11.6 Å². The van der Waals surface area contributed by atoms with Gasteiger partial charge in [-0.05, 0) is 24.6 Å². The number of carbonyl (C=O) groups is 3. The lowest BCUT2D eigenvalue weighted by atomic mass is 10.2. The number of nitrogens with zero attached hydrogens (tertiary/aromatic N) is 2. The first kappa shape index (κ1) is 17.1. The number of halogens is 1. The zero-order chi connectivity index (χ0) is 17.0. The Morgan fingerprint density at radius 2 is 2.22 bits per heavy atom. The van der Waals surface area contributed by atoms with E-state index < -0.39 is 18.0 Å². The summed E-state index contributed by atoms with van der Waals surface area (Å²) in [6.07, 6.45) is 0.348. The molecular weight excluding hydrogens is 322 g/mol. The Balaban J connectivity index is 1.94. The molecule has 1 aliphatic heterocycles. The molecule has 0 aliphatic carbocycles. The molecule has 1 unspecified atom stereocenters. The van der Waals surface area contributed by atoms with Crippen molar-refractivity contribution in [2.75, 3.05) is 25.0 Å². The SMILES string of the molecule is CN(CCC(=O)O)C(=O)NC1CCN(c2cccc(Cl)c2)C1=O. The highest BCUT2D eigenvalue weighted by Crippen LogP contribution is 2.24. The van der Waals surface area contributed by atoms with E-state index in [1.807, 2.05) is 0 Å². The molecular formula is C15H18ClN3O4. The monoisotopic (exact) mass is 339 g/mol. The summed E-state index contributed by atoms with van der Waals surface area (Å²) in [6.45, 7) is 0.572. The second-order valence-corrected chi connectivity index (χ2v) is 5.76. The molecule has 0 bridgehead atoms. The van der Waals surface area contributed by atoms with E-state index in [1.165, 1.54) is 11.9 Å². The highest BCUT2D eigenvalue weighted by Gasteiger charge is 2.34. The summed E-state index contributed by atoms with van der Waals surface area (Å²) >= 11 is 5.93. The van der Waals surface area contributed by atoms with Gasteiger partial charge in [-0.15, -0.1) is 0 Å². The van der Waals surface area contributed by atoms with Gasteiger partial charge in [-0.2, -0.15) is 0 Å². The molecule has 1 saturated heterocycles. The smallest absolute Gasteiger partial charge is 0.317 e. The number of rotatable bonds is 5. The fourth-order valence-corrected chi connectivity index (χ4v) is 2.52. The van der Waals surface area contributed by atoms with Crippen molar-refractivity contribution >= 4 is 35.2 Å². The average Bonchev–Trinajstić information content (AvgIpc) is 2.85. The average molecular weight is 340 g/mol. The molecule has 0 spiro atoms. The van der Waals surface area contributed by atoms with Crippen molar-refractivity contribution in [2.45, 2.75) is 18.9 Å². The lowest BCUT2D eigenvalue weighted by molar-refractivity contribution is -0.137. The molecule has 3 amide bonds. The third kappa shape index (κ3) is 4.35. The minimum absolute atomic E-state index is 0.0834. The fourth-order valence-electron chi connectivity index (χ4n) is 2.34. The summed E-state index contributed by atoms with van der Waals surface area (Å²) in [5.41, 5.74) is 0.693. The molecule has 1 aliphatic rings. The van der Waals surface area contributed by atoms with Gasteiger partial charge in [-0.25, -0.2) is 4.79 Å². The standard InChI is InChI=1S/C15H18ClN3O4/c1-18(7-6-13(20)21)15(23)17-12-5-8-19(14(12)22)11-4-2-3-10(16)9-11/h2-4,9,12H,5-8H2,1H3,(H,17,23)(H,20,21). The highest BCUT2D eigenvalue weighted by molar-refractivity contribution is 6.31. The van der Waals surface area contributed by atoms with Crippen molar-refractivity contribution < 1.29 is 19.5 Å². The summed E-state index contributed by atoms with van der Waals surface area (Å²) in [6, 6.07) is 5.89. The summed E-state index contributed by atoms with van der Waals surface area (Å²) < 4.78 is 0. The fraction of sp³-hybridized carbons (Fsp3) is 0.400. The molecule has 1 atom stereocenters. The van der Waals surface area contributed by atoms with Crippen LogP contribution in [0, 0.1) is 0 Å². The molecule has 0 saturated carbocycles. The van der Waals surface area contributed by atoms with Crippen molar-refractivity contribution in [2.24, 2.45) is 0 Å². The second-order valence-electron chi connectivity index (χ2n) is 5.33. The van der Waals surface area contributed by atoms with Crippen LogP contribution < -0.4 is 10.2 Å². The number of amides is 3. The minimum Gasteiger partial charge on any atom is -0.481 e. The Morgan fingerprint density at radius 1 is 1.48 bits per heavy atom. The number of anilines is 1. The van der Waals surface area contributed by atoms with Gasteiger partial charge in [0.05, 0.1) is 6.42 Å². The number of hydrogen-bond donors (Lipinski definition) is 2. The van der Waals surface area contributed by atoms with Gasteiger partial charge in [0.1, 0.15) is 6.04 Å². The van der Waals surface area contributed by atoms with Crippen LogP contribution in [0.3, 0.4) is 0 Å². The summed E-state index contributed by atoms with van der Waals surface area (Å²) in [4.78, 5) is 37.7. The molecule has 0 aromatic heterocycles. The van der Waals surface area contributed by atoms with E-state index in [4.69, 9.17) is 16.7 Å². The summed E-state index contributed by atoms with van der Waals surface area (Å²) in [5.74, 6) is -1.18. The largest absolute Gasteiger partial charge is 0.481 e. The maximum atomic E-state index is 12.4. The first-order valence-corrected chi connectivity index (χ1v) is 7.56. The van der Waals surface area contributed by atoms with E-state index in [9.17, 15) is 14.4 Å². The minimum atomic E-state index is -0.978. The van der Waals surface area contributed by atoms with Crippen LogP contribution in [-0.4, -0.2) is 54.1 Å². The molecule has 8 heteroatoms. The van der Waals surface area contributed by atoms with Crippen molar-refractivity contribution in [3.63, 3.8) is 0 Å². The molecule has 7 nitrogen and oxygen atoms in total. The Morgan fingerprint density at radius 3 is 2.87 bits per heavy atom. The van der Waals surface area contributed by atoms with E-state index in [-0.39, 0.29) is 18.9 Å². The van der Waals surface area contributed by atoms with Crippen LogP contribution in [0.1, 0.15) is 12.8 Å². The number of carboxylic acid groups (broad SMARTS) is 1. The van der Waals surface area contributed by atoms with Crippen LogP contribution in [0.25, 0.3) is 0 Å². The number of aliphatic carboxylic acids is 1. The predicted octanol–water partition coefficient (Wildman–Crippen LogP) is 1.56. The normalized spacial score (nSPS) is 17.2. The van der Waals surface area contributed by atoms with Crippen molar-refractivity contribution in [3.05, 3.63) is 29.3 Å². The number of carboxylic acids is 1. The van der Waals surface area contributed by atoms with E-state index in [0.29, 0.717) is 23.7 Å². The molecule has 2 rings (SSSR count). The van der Waals surface area contributed by atoms with Gasteiger partial charge in [-0.1, -0.05) is 17.7 Å². The zero-order valence-electron chi connectivity index (χ0n) is 12.7. The van der Waals surface area contributed by atoms with Gasteiger partial charge in [-0.3, -0.25) is 9.59 Å². The first-order valence-electron chi connectivity index (χ1n) is 7.19. The Hall–Kier alpha value is -2.28. The molecule has 1 aromatic carbocycles. The van der Waals surface area contributed by atoms with Gasteiger partial charge < -0.3 is 20.2 Å². The third-order valence-electron chi connectivity index (χ3n) is 3.63. The van der Waals surface area contributed by atoms with Crippen LogP contribution in [-0.2, 0) is 9.59 Å². The lowest BCUT2D eigenvalue weighted by Gasteiger charge is -2.20. The quantitative estimate of drug-likeness (QED) is 0.852. The van der Waals surface area contributed by atoms with Crippen LogP contribution in [0.4, 0.5) is 10.5 Å². The van der Waals surface area contributed by atoms with E-state index >= 15 is 0 Å². The summed E-state index contributed by atoms with van der Waals surface area (Å²) in [7, 11) is 1.49. The number of carbonyl (C=O) groups excluding carboxylic acids is 2. The van der Waals surface area contributed by atoms with Gasteiger partial charge in [0.2, 0.25) is 5.91 Å². The molecule has 23 heavy (non-hydrogen) atoms. The Labute approximate surface area is 138 Å². The molecule has 1 fully saturated rings. The van der Waals surface area contributed by atoms with E-state index in [2.05, 4.69) is 5.32 Å². The Kier molecular flexibility index (Phi) is 5.44. The number of urea groups is 1. The molecule has 1 aromatic rings. The van der Waals surface area contributed by atoms with E-state index in [0.717, 1.165) is 0 Å². The topological polar surface area (TPSA) is 89.9 Å². The van der Waals surface area contributed by atoms with Crippen LogP contribution in [0.5, 0.6) is 0 Å². The molecule has 124 valence electrons. The van der Waals surface area contributed by atoms with Gasteiger partial charge >= 0.3 is 12.0 Å². The second kappa shape index (κ2) is 7.32. The van der Waals surface area contributed by atoms with Crippen molar-refractivity contribution in [1.29, 1.82) is 0 Å². The molecule has 2 N–H and O–H groups in total. The number of hydrogen-bond acceptors (Lipinski definition) is 3. The zero-order valence-corrected chi connectivity index (χ0v) is 13.4. The predicted molar refractivity (Wildman–Crippen MR) is 85.6 cm³/mol. The van der Waals surface area contributed by atoms with Gasteiger partial charge in [0.15, 0.2) is 0 Å². The number of nitrogens with one attached hydrogen (secondary N) is 1. The first-order chi connectivity index (χ1) is 10.9. The highest BCUT2D eigenvalue weighted by atomic mass is 35.5. The van der Waals surface area contributed by atoms with Crippen LogP contribution in [0.15, 0.2) is 24.3 Å². The summed E-state index contributed by atoms with van der Waals surface area (Å²) in [5, 5.41) is 11.8. The lowest BCUT2D eigenvalue weighted by Crippen LogP contribution is -2.47. The third-order valence-corrected chi connectivity index (χ3v) is 3.87.